The highest BCUT2D eigenvalue weighted by atomic mass is 16.5. The molecule has 0 spiro atoms. The van der Waals surface area contributed by atoms with E-state index in [2.05, 4.69) is 11.9 Å². The van der Waals surface area contributed by atoms with Crippen molar-refractivity contribution in [2.24, 2.45) is 11.3 Å². The van der Waals surface area contributed by atoms with Crippen LogP contribution in [0.1, 0.15) is 40.0 Å². The fraction of sp³-hybridized carbons (Fsp3) is 0.812. The van der Waals surface area contributed by atoms with Crippen LogP contribution in [0.3, 0.4) is 0 Å². The summed E-state index contributed by atoms with van der Waals surface area (Å²) >= 11 is 0. The lowest BCUT2D eigenvalue weighted by atomic mass is 9.84. The molecule has 1 amide bonds. The summed E-state index contributed by atoms with van der Waals surface area (Å²) in [5.41, 5.74) is 0.330. The van der Waals surface area contributed by atoms with E-state index in [1.165, 1.54) is 12.8 Å². The molecule has 2 aliphatic rings. The molecule has 1 saturated heterocycles. The van der Waals surface area contributed by atoms with Crippen LogP contribution < -0.4 is 5.32 Å². The zero-order chi connectivity index (χ0) is 14.8. The van der Waals surface area contributed by atoms with Gasteiger partial charge in [-0.15, -0.1) is 0 Å². The standard InChI is InChI=1S/C16H27NO3/c1-11(2)16(3,4)15(18)17-13-7-8-19-10-14(13)20-9-12-5-6-12/h12-14H,1,5-10H2,2-4H3,(H,17,18)/t13-,14-/m1/s1. The maximum absolute atomic E-state index is 12.4. The number of carbonyl (C=O) groups excluding carboxylic acids is 1. The molecule has 2 rings (SSSR count). The van der Waals surface area contributed by atoms with Gasteiger partial charge in [-0.3, -0.25) is 4.79 Å². The molecule has 0 aromatic carbocycles. The smallest absolute Gasteiger partial charge is 0.230 e. The third-order valence-electron chi connectivity index (χ3n) is 4.50. The Morgan fingerprint density at radius 1 is 1.40 bits per heavy atom. The van der Waals surface area contributed by atoms with Gasteiger partial charge in [-0.1, -0.05) is 12.2 Å². The van der Waals surface area contributed by atoms with Crippen molar-refractivity contribution in [1.82, 2.24) is 5.32 Å². The number of nitrogens with one attached hydrogen (secondary N) is 1. The van der Waals surface area contributed by atoms with Gasteiger partial charge in [0.1, 0.15) is 6.10 Å². The lowest BCUT2D eigenvalue weighted by Crippen LogP contribution is -2.53. The Hall–Kier alpha value is -0.870. The zero-order valence-corrected chi connectivity index (χ0v) is 12.9. The van der Waals surface area contributed by atoms with Gasteiger partial charge in [0.25, 0.3) is 0 Å². The maximum Gasteiger partial charge on any atom is 0.230 e. The molecule has 114 valence electrons. The van der Waals surface area contributed by atoms with Gasteiger partial charge in [-0.2, -0.15) is 0 Å². The Morgan fingerprint density at radius 3 is 2.70 bits per heavy atom. The molecule has 1 aliphatic heterocycles. The Labute approximate surface area is 121 Å². The lowest BCUT2D eigenvalue weighted by molar-refractivity contribution is -0.132. The minimum atomic E-state index is -0.542. The molecule has 1 aliphatic carbocycles. The van der Waals surface area contributed by atoms with Crippen LogP contribution in [0.5, 0.6) is 0 Å². The molecule has 0 unspecified atom stereocenters. The van der Waals surface area contributed by atoms with Gasteiger partial charge in [-0.25, -0.2) is 0 Å². The highest BCUT2D eigenvalue weighted by Gasteiger charge is 2.35. The normalized spacial score (nSPS) is 27.1. The maximum atomic E-state index is 12.4. The molecule has 20 heavy (non-hydrogen) atoms. The fourth-order valence-electron chi connectivity index (χ4n) is 2.13. The average Bonchev–Trinajstić information content (AvgIpc) is 3.21. The van der Waals surface area contributed by atoms with E-state index in [0.29, 0.717) is 13.2 Å². The van der Waals surface area contributed by atoms with Gasteiger partial charge < -0.3 is 14.8 Å². The van der Waals surface area contributed by atoms with E-state index in [9.17, 15) is 4.79 Å². The van der Waals surface area contributed by atoms with Gasteiger partial charge in [-0.05, 0) is 46.0 Å². The monoisotopic (exact) mass is 281 g/mol. The number of hydrogen-bond donors (Lipinski definition) is 1. The lowest BCUT2D eigenvalue weighted by Gasteiger charge is -2.35. The van der Waals surface area contributed by atoms with Crippen LogP contribution in [0.25, 0.3) is 0 Å². The van der Waals surface area contributed by atoms with Gasteiger partial charge in [0.15, 0.2) is 0 Å². The second-order valence-electron chi connectivity index (χ2n) is 6.66. The molecule has 4 heteroatoms. The minimum Gasteiger partial charge on any atom is -0.379 e. The first-order valence-corrected chi connectivity index (χ1v) is 7.57. The summed E-state index contributed by atoms with van der Waals surface area (Å²) in [6.07, 6.45) is 3.34. The summed E-state index contributed by atoms with van der Waals surface area (Å²) in [5, 5.41) is 3.13. The van der Waals surface area contributed by atoms with E-state index in [4.69, 9.17) is 9.47 Å². The highest BCUT2D eigenvalue weighted by Crippen LogP contribution is 2.30. The number of rotatable bonds is 6. The zero-order valence-electron chi connectivity index (χ0n) is 12.9. The third-order valence-corrected chi connectivity index (χ3v) is 4.50. The quantitative estimate of drug-likeness (QED) is 0.760. The van der Waals surface area contributed by atoms with Crippen LogP contribution >= 0.6 is 0 Å². The SMILES string of the molecule is C=C(C)C(C)(C)C(=O)N[C@@H]1CCOC[C@H]1OCC1CC1. The Balaban J connectivity index is 1.90. The minimum absolute atomic E-state index is 0.0192. The predicted molar refractivity (Wildman–Crippen MR) is 78.4 cm³/mol. The summed E-state index contributed by atoms with van der Waals surface area (Å²) < 4.78 is 11.4. The Morgan fingerprint density at radius 2 is 2.10 bits per heavy atom. The predicted octanol–water partition coefficient (Wildman–Crippen LogP) is 2.29. The largest absolute Gasteiger partial charge is 0.379 e. The van der Waals surface area contributed by atoms with E-state index >= 15 is 0 Å². The second kappa shape index (κ2) is 6.27. The molecule has 1 N–H and O–H groups in total. The van der Waals surface area contributed by atoms with Crippen molar-refractivity contribution in [3.05, 3.63) is 12.2 Å². The van der Waals surface area contributed by atoms with E-state index < -0.39 is 5.41 Å². The van der Waals surface area contributed by atoms with Crippen molar-refractivity contribution in [3.8, 4) is 0 Å². The Bertz CT molecular complexity index is 374. The van der Waals surface area contributed by atoms with E-state index in [1.54, 1.807) is 0 Å². The highest BCUT2D eigenvalue weighted by molar-refractivity contribution is 5.85. The third kappa shape index (κ3) is 3.83. The molecular formula is C16H27NO3. The molecule has 1 saturated carbocycles. The summed E-state index contributed by atoms with van der Waals surface area (Å²) in [7, 11) is 0. The molecular weight excluding hydrogens is 254 g/mol. The molecule has 2 atom stereocenters. The van der Waals surface area contributed by atoms with Crippen LogP contribution in [-0.2, 0) is 14.3 Å². The van der Waals surface area contributed by atoms with E-state index in [1.807, 2.05) is 20.8 Å². The van der Waals surface area contributed by atoms with E-state index in [0.717, 1.165) is 24.5 Å². The van der Waals surface area contributed by atoms with Gasteiger partial charge in [0.2, 0.25) is 5.91 Å². The number of amides is 1. The fourth-order valence-corrected chi connectivity index (χ4v) is 2.13. The van der Waals surface area contributed by atoms with Crippen molar-refractivity contribution in [2.75, 3.05) is 19.8 Å². The van der Waals surface area contributed by atoms with Crippen LogP contribution in [0.15, 0.2) is 12.2 Å². The average molecular weight is 281 g/mol. The molecule has 0 bridgehead atoms. The second-order valence-corrected chi connectivity index (χ2v) is 6.66. The van der Waals surface area contributed by atoms with Crippen LogP contribution in [0.4, 0.5) is 0 Å². The number of hydrogen-bond acceptors (Lipinski definition) is 3. The van der Waals surface area contributed by atoms with Crippen molar-refractivity contribution in [2.45, 2.75) is 52.2 Å². The van der Waals surface area contributed by atoms with Crippen molar-refractivity contribution < 1.29 is 14.3 Å². The summed E-state index contributed by atoms with van der Waals surface area (Å²) in [6, 6.07) is 0.0497. The molecule has 4 nitrogen and oxygen atoms in total. The molecule has 2 fully saturated rings. The first-order valence-electron chi connectivity index (χ1n) is 7.57. The van der Waals surface area contributed by atoms with E-state index in [-0.39, 0.29) is 18.1 Å². The van der Waals surface area contributed by atoms with Gasteiger partial charge >= 0.3 is 0 Å². The Kier molecular flexibility index (Phi) is 4.86. The van der Waals surface area contributed by atoms with Crippen LogP contribution in [0.2, 0.25) is 0 Å². The first kappa shape index (κ1) is 15.5. The number of carbonyl (C=O) groups is 1. The summed E-state index contributed by atoms with van der Waals surface area (Å²) in [6.45, 7) is 11.7. The van der Waals surface area contributed by atoms with Gasteiger partial charge in [0.05, 0.1) is 18.1 Å². The molecule has 0 aromatic heterocycles. The first-order chi connectivity index (χ1) is 9.41. The molecule has 0 radical (unpaired) electrons. The van der Waals surface area contributed by atoms with Gasteiger partial charge in [0, 0.05) is 13.2 Å². The summed E-state index contributed by atoms with van der Waals surface area (Å²) in [4.78, 5) is 12.4. The number of ether oxygens (including phenoxy) is 2. The van der Waals surface area contributed by atoms with Crippen LogP contribution in [-0.4, -0.2) is 37.9 Å². The van der Waals surface area contributed by atoms with Crippen molar-refractivity contribution >= 4 is 5.91 Å². The van der Waals surface area contributed by atoms with Crippen molar-refractivity contribution in [1.29, 1.82) is 0 Å². The topological polar surface area (TPSA) is 47.6 Å². The molecule has 1 heterocycles. The van der Waals surface area contributed by atoms with Crippen LogP contribution in [0, 0.1) is 11.3 Å². The molecule has 0 aromatic rings. The summed E-state index contributed by atoms with van der Waals surface area (Å²) in [5.74, 6) is 0.747. The van der Waals surface area contributed by atoms with Crippen molar-refractivity contribution in [3.63, 3.8) is 0 Å².